The van der Waals surface area contributed by atoms with Crippen LogP contribution in [0.4, 0.5) is 0 Å². The zero-order valence-electron chi connectivity index (χ0n) is 70.7. The van der Waals surface area contributed by atoms with E-state index in [9.17, 15) is 0 Å². The zero-order valence-corrected chi connectivity index (χ0v) is 78.8. The van der Waals surface area contributed by atoms with E-state index < -0.39 is 0 Å². The summed E-state index contributed by atoms with van der Waals surface area (Å²) in [6.45, 7) is 0. The molecule has 22 rings (SSSR count). The molecule has 22 aromatic carbocycles. The smallest absolute Gasteiger partial charge is 0.537 e. The summed E-state index contributed by atoms with van der Waals surface area (Å²) >= 11 is 17.2. The first kappa shape index (κ1) is 91.4. The van der Waals surface area contributed by atoms with Crippen LogP contribution in [0.2, 0.25) is 0 Å². The standard InChI is InChI=1S/C40H26.C20H14BO2.C20H13I.C20H14.C12H9Br.C8H6.CH2Cl2.ClI/c1-2-12-28(13-3-1)39-36-20-10-8-17-33(36)34-18-9-11-21-37(34)40(39)29-24-22-27(23-25-29)38-26-30-14-4-5-15-31(30)32-16-6-7-19-35(32)38;22-21-23-16-11-9-14(10-12-16)20-13-15-5-1-2-6-17(15)18-7-3-4-8-19(18)20;21-20-18-13-7-5-11-16(18)15-10-4-6-12-17(15)19(20)14-8-2-1-3-9-14;1-3-9-17(10-4-1)15-16-19-13-7-8-14-20(19)18-11-5-2-6-12-18;13-12-9-5-4-8-11(12)10-6-2-1-3-7-10;1-2-8-6-4-3-5-7-8;2-1-3;1-2/h1-26H;1-13,22H;1-13H;1-14H;1-9H;1,3-7H;1H2;. The van der Waals surface area contributed by atoms with Gasteiger partial charge < -0.3 is 9.68 Å². The number of terminal acetylenes is 1. The summed E-state index contributed by atoms with van der Waals surface area (Å²) in [7, 11) is 5.30. The summed E-state index contributed by atoms with van der Waals surface area (Å²) in [4.78, 5) is 0. The molecule has 0 unspecified atom stereocenters. The van der Waals surface area contributed by atoms with Crippen molar-refractivity contribution in [2.24, 2.45) is 0 Å². The number of halogens is 6. The molecule has 130 heavy (non-hydrogen) atoms. The largest absolute Gasteiger partial charge is 0.569 e. The fourth-order valence-electron chi connectivity index (χ4n) is 16.5. The molecule has 0 aliphatic rings. The maximum absolute atomic E-state index is 8.72. The van der Waals surface area contributed by atoms with Gasteiger partial charge in [0.25, 0.3) is 0 Å². The van der Waals surface area contributed by atoms with Crippen molar-refractivity contribution in [3.05, 3.63) is 510 Å². The van der Waals surface area contributed by atoms with Gasteiger partial charge in [0.05, 0.1) is 5.34 Å². The molecule has 0 aliphatic heterocycles. The van der Waals surface area contributed by atoms with Gasteiger partial charge in [-0.05, 0) is 251 Å². The average Bonchev–Trinajstić information content (AvgIpc) is 0.734. The van der Waals surface area contributed by atoms with E-state index >= 15 is 0 Å². The van der Waals surface area contributed by atoms with E-state index in [1.165, 1.54) is 162 Å². The minimum Gasteiger partial charge on any atom is -0.537 e. The Kier molecular flexibility index (Phi) is 32.8. The molecule has 0 amide bonds. The first-order valence-electron chi connectivity index (χ1n) is 42.3. The van der Waals surface area contributed by atoms with Gasteiger partial charge in [-0.2, -0.15) is 0 Å². The second kappa shape index (κ2) is 46.6. The molecule has 0 aliphatic carbocycles. The predicted octanol–water partition coefficient (Wildman–Crippen LogP) is 35.7. The Hall–Kier alpha value is -13.3. The molecule has 0 saturated heterocycles. The Labute approximate surface area is 810 Å². The van der Waals surface area contributed by atoms with Gasteiger partial charge in [-0.3, -0.25) is 0 Å². The fourth-order valence-corrected chi connectivity index (χ4v) is 18.1. The molecular weight excluding hydrogens is 1940 g/mol. The zero-order chi connectivity index (χ0) is 89.6. The van der Waals surface area contributed by atoms with Crippen molar-refractivity contribution in [1.82, 2.24) is 0 Å². The van der Waals surface area contributed by atoms with Crippen LogP contribution in [0.1, 0.15) is 16.7 Å². The number of benzene rings is 22. The Morgan fingerprint density at radius 3 is 0.962 bits per heavy atom. The minimum absolute atomic E-state index is 0.194. The Bertz CT molecular complexity index is 7650. The van der Waals surface area contributed by atoms with Gasteiger partial charge in [0.1, 0.15) is 5.75 Å². The van der Waals surface area contributed by atoms with Crippen LogP contribution in [0, 0.1) is 27.8 Å². The van der Waals surface area contributed by atoms with E-state index in [4.69, 9.17) is 39.3 Å². The van der Waals surface area contributed by atoms with Crippen molar-refractivity contribution in [1.29, 1.82) is 0 Å². The SMILES string of the molecule is Brc1ccccc1-c1ccccc1.C#Cc1ccccc1.C(#Cc1ccccc1-c1ccccc1)c1ccccc1.ClCCl.ClI.Ic1c(-c2ccccc2)c2ccccc2c2ccccc12.O[B]Oc1ccc(-c2cc3ccccc3c3ccccc23)cc1.c1ccc(-c2c(-c3ccc(-c4cc5ccccc5c5ccccc45)cc3)c3ccccc3c3ccccc23)cc1. The number of fused-ring (bicyclic) bond motifs is 12. The molecule has 0 fully saturated rings. The summed E-state index contributed by atoms with van der Waals surface area (Å²) < 4.78 is 7.45. The van der Waals surface area contributed by atoms with E-state index in [0.717, 1.165) is 26.7 Å². The summed E-state index contributed by atoms with van der Waals surface area (Å²) in [6, 6.07) is 169. The molecule has 0 atom stereocenters. The molecule has 2 nitrogen and oxygen atoms in total. The van der Waals surface area contributed by atoms with E-state index in [0.29, 0.717) is 13.4 Å². The maximum Gasteiger partial charge on any atom is 0.569 e. The van der Waals surface area contributed by atoms with Crippen LogP contribution in [0.15, 0.2) is 490 Å². The highest BCUT2D eigenvalue weighted by molar-refractivity contribution is 14.1. The molecule has 1 radical (unpaired) electrons. The van der Waals surface area contributed by atoms with Crippen LogP contribution in [-0.4, -0.2) is 18.0 Å². The quantitative estimate of drug-likeness (QED) is 0.0513. The second-order valence-electron chi connectivity index (χ2n) is 30.0. The van der Waals surface area contributed by atoms with Crippen LogP contribution < -0.4 is 4.65 Å². The summed E-state index contributed by atoms with van der Waals surface area (Å²) in [5.74, 6) is 9.64. The van der Waals surface area contributed by atoms with Crippen molar-refractivity contribution in [3.63, 3.8) is 0 Å². The van der Waals surface area contributed by atoms with Gasteiger partial charge >= 0.3 is 7.69 Å². The van der Waals surface area contributed by atoms with Crippen LogP contribution in [0.3, 0.4) is 0 Å². The van der Waals surface area contributed by atoms with Gasteiger partial charge in [0.15, 0.2) is 0 Å². The number of hydrogen-bond acceptors (Lipinski definition) is 2. The van der Waals surface area contributed by atoms with Crippen LogP contribution in [-0.2, 0) is 0 Å². The second-order valence-corrected chi connectivity index (χ2v) is 32.8. The van der Waals surface area contributed by atoms with Crippen LogP contribution in [0.25, 0.3) is 164 Å². The lowest BCUT2D eigenvalue weighted by Crippen LogP contribution is -1.99. The lowest BCUT2D eigenvalue weighted by molar-refractivity contribution is 0.454. The first-order chi connectivity index (χ1) is 64.2. The molecule has 1 N–H and O–H groups in total. The van der Waals surface area contributed by atoms with Gasteiger partial charge in [0.2, 0.25) is 0 Å². The van der Waals surface area contributed by atoms with E-state index in [1.807, 2.05) is 115 Å². The van der Waals surface area contributed by atoms with Gasteiger partial charge in [-0.25, -0.2) is 0 Å². The highest BCUT2D eigenvalue weighted by Crippen LogP contribution is 2.47. The normalized spacial score (nSPS) is 10.4. The van der Waals surface area contributed by atoms with Gasteiger partial charge in [-0.15, -0.1) is 29.6 Å². The highest BCUT2D eigenvalue weighted by Gasteiger charge is 2.20. The molecule has 0 heterocycles. The Morgan fingerprint density at radius 2 is 0.546 bits per heavy atom. The van der Waals surface area contributed by atoms with Crippen molar-refractivity contribution in [2.45, 2.75) is 0 Å². The predicted molar refractivity (Wildman–Crippen MR) is 583 cm³/mol. The van der Waals surface area contributed by atoms with E-state index in [1.54, 1.807) is 21.5 Å². The maximum atomic E-state index is 8.72. The molecule has 22 aromatic rings. The van der Waals surface area contributed by atoms with Crippen LogP contribution in [0.5, 0.6) is 5.75 Å². The van der Waals surface area contributed by atoms with Crippen molar-refractivity contribution >= 4 is 186 Å². The molecular formula is C121H84BBrCl3I2O2. The molecule has 625 valence electrons. The van der Waals surface area contributed by atoms with E-state index in [-0.39, 0.29) is 5.34 Å². The van der Waals surface area contributed by atoms with Gasteiger partial charge in [-0.1, -0.05) is 458 Å². The molecule has 0 spiro atoms. The third-order valence-electron chi connectivity index (χ3n) is 22.3. The topological polar surface area (TPSA) is 29.5 Å². The van der Waals surface area contributed by atoms with Gasteiger partial charge in [0, 0.05) is 51.8 Å². The summed E-state index contributed by atoms with van der Waals surface area (Å²) in [6.07, 6.45) is 5.10. The highest BCUT2D eigenvalue weighted by atomic mass is 127. The molecule has 0 saturated carbocycles. The fraction of sp³-hybridized carbons (Fsp3) is 0.00826. The third-order valence-corrected chi connectivity index (χ3v) is 24.1. The van der Waals surface area contributed by atoms with E-state index in [2.05, 4.69) is 435 Å². The molecule has 0 bridgehead atoms. The number of alkyl halides is 2. The number of rotatable bonds is 9. The van der Waals surface area contributed by atoms with Crippen molar-refractivity contribution in [2.75, 3.05) is 5.34 Å². The molecule has 9 heteroatoms. The lowest BCUT2D eigenvalue weighted by atomic mass is 9.84. The summed E-state index contributed by atoms with van der Waals surface area (Å²) in [5, 5.41) is 29.5. The Morgan fingerprint density at radius 1 is 0.269 bits per heavy atom. The van der Waals surface area contributed by atoms with Crippen molar-refractivity contribution < 1.29 is 9.68 Å². The average molecular weight is 2020 g/mol. The number of hydrogen-bond donors (Lipinski definition) is 1. The minimum atomic E-state index is 0.194. The van der Waals surface area contributed by atoms with Crippen LogP contribution >= 0.6 is 92.1 Å². The molecule has 0 aromatic heterocycles. The first-order valence-corrected chi connectivity index (χ1v) is 48.0. The lowest BCUT2D eigenvalue weighted by Gasteiger charge is -2.19. The van der Waals surface area contributed by atoms with Crippen molar-refractivity contribution in [3.8, 4) is 108 Å². The monoisotopic (exact) mass is 2020 g/mol. The Balaban J connectivity index is 0.000000125. The third kappa shape index (κ3) is 22.1. The summed E-state index contributed by atoms with van der Waals surface area (Å²) in [5.41, 5.74) is 20.4.